The van der Waals surface area contributed by atoms with Gasteiger partial charge >= 0.3 is 0 Å². The minimum atomic E-state index is 0. The van der Waals surface area contributed by atoms with Crippen LogP contribution in [0.3, 0.4) is 0 Å². The molecule has 11 heavy (non-hydrogen) atoms. The van der Waals surface area contributed by atoms with Gasteiger partial charge in [-0.2, -0.15) is 0 Å². The van der Waals surface area contributed by atoms with Gasteiger partial charge in [-0.3, -0.25) is 10.2 Å². The molecule has 2 nitrogen and oxygen atoms in total. The summed E-state index contributed by atoms with van der Waals surface area (Å²) in [6, 6.07) is 0. The highest BCUT2D eigenvalue weighted by atomic mass is 35.5. The molecule has 0 aromatic heterocycles. The van der Waals surface area contributed by atoms with Gasteiger partial charge < -0.3 is 0 Å². The predicted octanol–water partition coefficient (Wildman–Crippen LogP) is 1.37. The van der Waals surface area contributed by atoms with Crippen molar-refractivity contribution in [3.8, 4) is 0 Å². The number of thioether (sulfide) groups is 1. The quantitative estimate of drug-likeness (QED) is 0.682. The van der Waals surface area contributed by atoms with E-state index >= 15 is 0 Å². The van der Waals surface area contributed by atoms with Crippen molar-refractivity contribution < 1.29 is 0 Å². The van der Waals surface area contributed by atoms with Crippen LogP contribution in [0.1, 0.15) is 13.3 Å². The Balaban J connectivity index is 0.000001000. The van der Waals surface area contributed by atoms with Gasteiger partial charge in [0.05, 0.1) is 0 Å². The minimum absolute atomic E-state index is 0. The molecule has 0 aromatic carbocycles. The van der Waals surface area contributed by atoms with E-state index in [-0.39, 0.29) is 17.4 Å². The Hall–Kier alpha value is 0.560. The summed E-state index contributed by atoms with van der Waals surface area (Å²) in [6.07, 6.45) is 3.42. The molecule has 0 aromatic rings. The fraction of sp³-hybridized carbons (Fsp3) is 1.00. The van der Waals surface area contributed by atoms with E-state index in [0.29, 0.717) is 0 Å². The second-order valence-corrected chi connectivity index (χ2v) is 4.09. The number of rotatable bonds is 1. The summed E-state index contributed by atoms with van der Waals surface area (Å²) < 4.78 is 0. The Kier molecular flexibility index (Phi) is 4.78. The van der Waals surface area contributed by atoms with Crippen LogP contribution in [0.25, 0.3) is 0 Å². The second kappa shape index (κ2) is 4.55. The molecule has 0 bridgehead atoms. The first-order chi connectivity index (χ1) is 4.69. The topological polar surface area (TPSA) is 15.3 Å². The van der Waals surface area contributed by atoms with E-state index in [9.17, 15) is 0 Å². The SMILES string of the molecule is CSC1(C)NCCCN1C.Cl. The van der Waals surface area contributed by atoms with Crippen LogP contribution in [0.5, 0.6) is 0 Å². The van der Waals surface area contributed by atoms with E-state index in [1.807, 2.05) is 11.8 Å². The van der Waals surface area contributed by atoms with Crippen molar-refractivity contribution in [2.45, 2.75) is 18.3 Å². The van der Waals surface area contributed by atoms with Crippen molar-refractivity contribution in [2.24, 2.45) is 0 Å². The summed E-state index contributed by atoms with van der Waals surface area (Å²) in [6.45, 7) is 4.60. The van der Waals surface area contributed by atoms with Gasteiger partial charge in [-0.15, -0.1) is 24.2 Å². The van der Waals surface area contributed by atoms with Crippen molar-refractivity contribution >= 4 is 24.2 Å². The summed E-state index contributed by atoms with van der Waals surface area (Å²) in [7, 11) is 2.17. The monoisotopic (exact) mass is 196 g/mol. The lowest BCUT2D eigenvalue weighted by Gasteiger charge is -2.42. The Bertz CT molecular complexity index is 123. The summed E-state index contributed by atoms with van der Waals surface area (Å²) in [4.78, 5) is 2.54. The molecule has 1 heterocycles. The summed E-state index contributed by atoms with van der Waals surface area (Å²) in [5.41, 5.74) is 0. The van der Waals surface area contributed by atoms with E-state index < -0.39 is 0 Å². The van der Waals surface area contributed by atoms with Crippen LogP contribution in [-0.4, -0.2) is 36.3 Å². The Morgan fingerprint density at radius 2 is 2.18 bits per heavy atom. The average molecular weight is 197 g/mol. The van der Waals surface area contributed by atoms with Crippen LogP contribution >= 0.6 is 24.2 Å². The molecule has 1 unspecified atom stereocenters. The first-order valence-electron chi connectivity index (χ1n) is 3.70. The highest BCUT2D eigenvalue weighted by Gasteiger charge is 2.29. The fourth-order valence-corrected chi connectivity index (χ4v) is 1.86. The first-order valence-corrected chi connectivity index (χ1v) is 4.93. The van der Waals surface area contributed by atoms with Crippen molar-refractivity contribution in [1.29, 1.82) is 0 Å². The third kappa shape index (κ3) is 2.51. The Labute approximate surface area is 79.5 Å². The molecule has 4 heteroatoms. The zero-order valence-corrected chi connectivity index (χ0v) is 9.02. The molecule has 0 saturated carbocycles. The number of halogens is 1. The Morgan fingerprint density at radius 1 is 1.55 bits per heavy atom. The van der Waals surface area contributed by atoms with Crippen molar-refractivity contribution in [2.75, 3.05) is 26.4 Å². The molecule has 0 spiro atoms. The lowest BCUT2D eigenvalue weighted by molar-refractivity contribution is 0.151. The van der Waals surface area contributed by atoms with Gasteiger partial charge in [-0.05, 0) is 33.2 Å². The van der Waals surface area contributed by atoms with E-state index in [1.165, 1.54) is 13.0 Å². The summed E-state index contributed by atoms with van der Waals surface area (Å²) >= 11 is 1.87. The van der Waals surface area contributed by atoms with Crippen LogP contribution in [0.15, 0.2) is 0 Å². The number of nitrogens with zero attached hydrogens (tertiary/aromatic N) is 1. The molecular weight excluding hydrogens is 180 g/mol. The molecule has 0 radical (unpaired) electrons. The molecule has 1 saturated heterocycles. The number of hydrogen-bond acceptors (Lipinski definition) is 3. The van der Waals surface area contributed by atoms with E-state index in [2.05, 4.69) is 30.4 Å². The largest absolute Gasteiger partial charge is 0.291 e. The molecule has 1 N–H and O–H groups in total. The lowest BCUT2D eigenvalue weighted by atomic mass is 10.3. The second-order valence-electron chi connectivity index (χ2n) is 2.89. The highest BCUT2D eigenvalue weighted by molar-refractivity contribution is 7.99. The number of hydrogen-bond donors (Lipinski definition) is 1. The van der Waals surface area contributed by atoms with Crippen LogP contribution in [0, 0.1) is 0 Å². The van der Waals surface area contributed by atoms with E-state index in [0.717, 1.165) is 6.54 Å². The maximum atomic E-state index is 3.48. The summed E-state index contributed by atoms with van der Waals surface area (Å²) in [5, 5.41) is 3.48. The smallest absolute Gasteiger partial charge is 0.116 e. The highest BCUT2D eigenvalue weighted by Crippen LogP contribution is 2.24. The van der Waals surface area contributed by atoms with Crippen LogP contribution in [-0.2, 0) is 0 Å². The van der Waals surface area contributed by atoms with Gasteiger partial charge in [0, 0.05) is 6.54 Å². The minimum Gasteiger partial charge on any atom is -0.291 e. The maximum absolute atomic E-state index is 3.48. The van der Waals surface area contributed by atoms with Gasteiger partial charge in [0.2, 0.25) is 0 Å². The van der Waals surface area contributed by atoms with E-state index in [4.69, 9.17) is 0 Å². The molecule has 1 aliphatic heterocycles. The van der Waals surface area contributed by atoms with Crippen molar-refractivity contribution in [1.82, 2.24) is 10.2 Å². The average Bonchev–Trinajstić information content (AvgIpc) is 1.96. The number of nitrogens with one attached hydrogen (secondary N) is 1. The van der Waals surface area contributed by atoms with Gasteiger partial charge in [0.1, 0.15) is 4.99 Å². The third-order valence-corrected chi connectivity index (χ3v) is 3.50. The Morgan fingerprint density at radius 3 is 2.55 bits per heavy atom. The third-order valence-electron chi connectivity index (χ3n) is 2.25. The van der Waals surface area contributed by atoms with Crippen LogP contribution in [0.4, 0.5) is 0 Å². The fourth-order valence-electron chi connectivity index (χ4n) is 1.21. The molecule has 0 amide bonds. The molecule has 1 atom stereocenters. The van der Waals surface area contributed by atoms with Crippen LogP contribution in [0.2, 0.25) is 0 Å². The normalized spacial score (nSPS) is 33.0. The first kappa shape index (κ1) is 11.6. The van der Waals surface area contributed by atoms with Crippen LogP contribution < -0.4 is 5.32 Å². The zero-order chi connectivity index (χ0) is 7.61. The van der Waals surface area contributed by atoms with Gasteiger partial charge in [0.15, 0.2) is 0 Å². The lowest BCUT2D eigenvalue weighted by Crippen LogP contribution is -2.56. The van der Waals surface area contributed by atoms with E-state index in [1.54, 1.807) is 0 Å². The summed E-state index contributed by atoms with van der Waals surface area (Å²) in [5.74, 6) is 0. The van der Waals surface area contributed by atoms with Gasteiger partial charge in [0.25, 0.3) is 0 Å². The van der Waals surface area contributed by atoms with Crippen molar-refractivity contribution in [3.05, 3.63) is 0 Å². The molecule has 0 aliphatic carbocycles. The van der Waals surface area contributed by atoms with Gasteiger partial charge in [-0.1, -0.05) is 0 Å². The van der Waals surface area contributed by atoms with Gasteiger partial charge in [-0.25, -0.2) is 0 Å². The molecule has 1 fully saturated rings. The molecule has 1 rings (SSSR count). The zero-order valence-electron chi connectivity index (χ0n) is 7.39. The van der Waals surface area contributed by atoms with Crippen molar-refractivity contribution in [3.63, 3.8) is 0 Å². The molecule has 68 valence electrons. The molecule has 1 aliphatic rings. The maximum Gasteiger partial charge on any atom is 0.116 e. The molecular formula is C7H17ClN2S. The predicted molar refractivity (Wildman–Crippen MR) is 54.4 cm³/mol. The standard InChI is InChI=1S/C7H16N2S.ClH/c1-7(10-3)8-5-4-6-9(7)2;/h8H,4-6H2,1-3H3;1H.